The van der Waals surface area contributed by atoms with Crippen molar-refractivity contribution in [3.8, 4) is 0 Å². The molecular weight excluding hydrogens is 368 g/mol. The number of nitrogens with two attached hydrogens (primary N) is 1. The Bertz CT molecular complexity index is 278. The van der Waals surface area contributed by atoms with E-state index in [1.165, 1.54) is 57.9 Å². The molecule has 170 valence electrons. The highest BCUT2D eigenvalue weighted by Crippen LogP contribution is 2.15. The standard InChI is InChI=1S/C13H28N2.C9H22O3Si/c1-12(14)13-9-7-5-3-2-4-6-8-10-15-11-13;1-4-7-10-13(11-8-5-2)12-9-6-3/h12-13,15H,2-11,14H2,1H3;13H,4-9H2,1-3H3. The van der Waals surface area contributed by atoms with Crippen molar-refractivity contribution < 1.29 is 13.3 Å². The number of rotatable bonds is 10. The predicted octanol–water partition coefficient (Wildman–Crippen LogP) is 4.66. The van der Waals surface area contributed by atoms with Crippen LogP contribution in [0.3, 0.4) is 0 Å². The highest BCUT2D eigenvalue weighted by Gasteiger charge is 2.14. The Balaban J connectivity index is 0.000000528. The summed E-state index contributed by atoms with van der Waals surface area (Å²) in [6.45, 7) is 13.0. The van der Waals surface area contributed by atoms with E-state index in [9.17, 15) is 0 Å². The van der Waals surface area contributed by atoms with Crippen LogP contribution in [0.15, 0.2) is 0 Å². The highest BCUT2D eigenvalue weighted by atomic mass is 28.3. The SMILES string of the molecule is CC(N)C1CCCCCCCCCNC1.CCCO[SiH](OCCC)OCCC. The van der Waals surface area contributed by atoms with Crippen molar-refractivity contribution in [2.75, 3.05) is 32.9 Å². The van der Waals surface area contributed by atoms with Gasteiger partial charge in [0.25, 0.3) is 0 Å². The molecule has 0 aliphatic carbocycles. The van der Waals surface area contributed by atoms with Gasteiger partial charge in [0.1, 0.15) is 0 Å². The summed E-state index contributed by atoms with van der Waals surface area (Å²) in [5.41, 5.74) is 6.01. The zero-order chi connectivity index (χ0) is 20.9. The highest BCUT2D eigenvalue weighted by molar-refractivity contribution is 6.36. The summed E-state index contributed by atoms with van der Waals surface area (Å²) in [5, 5.41) is 3.55. The molecule has 1 aliphatic heterocycles. The minimum atomic E-state index is -1.79. The fraction of sp³-hybridized carbons (Fsp3) is 1.00. The van der Waals surface area contributed by atoms with Crippen LogP contribution >= 0.6 is 0 Å². The van der Waals surface area contributed by atoms with E-state index in [1.807, 2.05) is 0 Å². The van der Waals surface area contributed by atoms with Gasteiger partial charge in [-0.15, -0.1) is 0 Å². The second kappa shape index (κ2) is 21.7. The van der Waals surface area contributed by atoms with E-state index >= 15 is 0 Å². The first-order valence-electron chi connectivity index (χ1n) is 12.0. The lowest BCUT2D eigenvalue weighted by Crippen LogP contribution is -2.35. The number of hydrogen-bond acceptors (Lipinski definition) is 5. The second-order valence-corrected chi connectivity index (χ2v) is 9.57. The Morgan fingerprint density at radius 2 is 1.29 bits per heavy atom. The molecule has 0 aromatic rings. The van der Waals surface area contributed by atoms with Crippen molar-refractivity contribution >= 4 is 9.53 Å². The minimum absolute atomic E-state index is 0.348. The van der Waals surface area contributed by atoms with Crippen LogP contribution in [0.25, 0.3) is 0 Å². The summed E-state index contributed by atoms with van der Waals surface area (Å²) in [4.78, 5) is 0. The first-order valence-corrected chi connectivity index (χ1v) is 13.4. The first kappa shape index (κ1) is 28.0. The van der Waals surface area contributed by atoms with Gasteiger partial charge < -0.3 is 24.3 Å². The van der Waals surface area contributed by atoms with E-state index in [0.717, 1.165) is 45.6 Å². The quantitative estimate of drug-likeness (QED) is 0.505. The van der Waals surface area contributed by atoms with Crippen LogP contribution in [0.5, 0.6) is 0 Å². The lowest BCUT2D eigenvalue weighted by Gasteiger charge is -2.21. The molecule has 0 amide bonds. The normalized spacial score (nSPS) is 20.6. The molecule has 0 aromatic carbocycles. The van der Waals surface area contributed by atoms with E-state index in [4.69, 9.17) is 19.0 Å². The molecule has 0 bridgehead atoms. The van der Waals surface area contributed by atoms with E-state index in [0.29, 0.717) is 12.0 Å². The third kappa shape index (κ3) is 18.1. The summed E-state index contributed by atoms with van der Waals surface area (Å²) in [6.07, 6.45) is 14.2. The Labute approximate surface area is 177 Å². The summed E-state index contributed by atoms with van der Waals surface area (Å²) >= 11 is 0. The third-order valence-electron chi connectivity index (χ3n) is 4.95. The van der Waals surface area contributed by atoms with Crippen LogP contribution < -0.4 is 11.1 Å². The van der Waals surface area contributed by atoms with E-state index in [-0.39, 0.29) is 0 Å². The molecule has 0 saturated carbocycles. The average Bonchev–Trinajstić information content (AvgIpc) is 2.68. The van der Waals surface area contributed by atoms with E-state index in [1.54, 1.807) is 0 Å². The molecule has 0 radical (unpaired) electrons. The van der Waals surface area contributed by atoms with Crippen LogP contribution in [0.4, 0.5) is 0 Å². The zero-order valence-corrected chi connectivity index (χ0v) is 20.5. The molecule has 28 heavy (non-hydrogen) atoms. The van der Waals surface area contributed by atoms with Crippen LogP contribution in [0.1, 0.15) is 98.3 Å². The average molecular weight is 419 g/mol. The van der Waals surface area contributed by atoms with Crippen molar-refractivity contribution in [3.05, 3.63) is 0 Å². The molecule has 5 nitrogen and oxygen atoms in total. The summed E-state index contributed by atoms with van der Waals surface area (Å²) in [7, 11) is -1.79. The van der Waals surface area contributed by atoms with Gasteiger partial charge in [-0.1, -0.05) is 59.3 Å². The van der Waals surface area contributed by atoms with Gasteiger partial charge in [0.15, 0.2) is 0 Å². The molecule has 1 fully saturated rings. The zero-order valence-electron chi connectivity index (χ0n) is 19.3. The van der Waals surface area contributed by atoms with E-state index in [2.05, 4.69) is 33.0 Å². The van der Waals surface area contributed by atoms with Gasteiger partial charge in [0.05, 0.1) is 0 Å². The summed E-state index contributed by atoms with van der Waals surface area (Å²) in [6, 6.07) is 0.348. The van der Waals surface area contributed by atoms with Gasteiger partial charge in [-0.25, -0.2) is 0 Å². The predicted molar refractivity (Wildman–Crippen MR) is 123 cm³/mol. The van der Waals surface area contributed by atoms with E-state index < -0.39 is 9.53 Å². The lowest BCUT2D eigenvalue weighted by molar-refractivity contribution is 0.0933. The Hall–Kier alpha value is 0.0169. The molecule has 1 rings (SSSR count). The molecule has 1 aliphatic rings. The Kier molecular flexibility index (Phi) is 21.7. The van der Waals surface area contributed by atoms with Gasteiger partial charge in [-0.3, -0.25) is 0 Å². The number of hydrogen-bond donors (Lipinski definition) is 2. The van der Waals surface area contributed by atoms with Crippen LogP contribution in [-0.2, 0) is 13.3 Å². The molecule has 6 heteroatoms. The maximum Gasteiger partial charge on any atom is 0.484 e. The van der Waals surface area contributed by atoms with Gasteiger partial charge in [0.2, 0.25) is 0 Å². The summed E-state index contributed by atoms with van der Waals surface area (Å²) < 4.78 is 16.5. The van der Waals surface area contributed by atoms with Gasteiger partial charge >= 0.3 is 9.53 Å². The van der Waals surface area contributed by atoms with Gasteiger partial charge in [-0.05, 0) is 58.0 Å². The second-order valence-electron chi connectivity index (χ2n) is 7.99. The van der Waals surface area contributed by atoms with Gasteiger partial charge in [-0.2, -0.15) is 0 Å². The molecule has 2 unspecified atom stereocenters. The third-order valence-corrected chi connectivity index (χ3v) is 6.48. The van der Waals surface area contributed by atoms with Crippen molar-refractivity contribution in [2.24, 2.45) is 11.7 Å². The number of nitrogens with one attached hydrogen (secondary N) is 1. The maximum absolute atomic E-state index is 6.01. The largest absolute Gasteiger partial charge is 0.484 e. The molecule has 3 N–H and O–H groups in total. The Morgan fingerprint density at radius 3 is 1.75 bits per heavy atom. The van der Waals surface area contributed by atoms with Crippen molar-refractivity contribution in [2.45, 2.75) is 104 Å². The molecule has 2 atom stereocenters. The van der Waals surface area contributed by atoms with Crippen molar-refractivity contribution in [1.82, 2.24) is 5.32 Å². The smallest absolute Gasteiger partial charge is 0.376 e. The first-order chi connectivity index (χ1) is 13.7. The lowest BCUT2D eigenvalue weighted by atomic mass is 9.94. The van der Waals surface area contributed by atoms with Crippen LogP contribution in [0, 0.1) is 5.92 Å². The van der Waals surface area contributed by atoms with Gasteiger partial charge in [0, 0.05) is 25.9 Å². The maximum atomic E-state index is 6.01. The molecule has 0 aromatic heterocycles. The minimum Gasteiger partial charge on any atom is -0.376 e. The monoisotopic (exact) mass is 418 g/mol. The summed E-state index contributed by atoms with van der Waals surface area (Å²) in [5.74, 6) is 0.685. The van der Waals surface area contributed by atoms with Crippen molar-refractivity contribution in [3.63, 3.8) is 0 Å². The molecule has 1 heterocycles. The van der Waals surface area contributed by atoms with Crippen LogP contribution in [0.2, 0.25) is 0 Å². The van der Waals surface area contributed by atoms with Crippen LogP contribution in [-0.4, -0.2) is 48.5 Å². The molecule has 1 saturated heterocycles. The fourth-order valence-corrected chi connectivity index (χ4v) is 4.74. The van der Waals surface area contributed by atoms with Crippen molar-refractivity contribution in [1.29, 1.82) is 0 Å². The Morgan fingerprint density at radius 1 is 0.821 bits per heavy atom. The topological polar surface area (TPSA) is 65.7 Å². The molecular formula is C22H50N2O3Si. The fourth-order valence-electron chi connectivity index (χ4n) is 3.17. The molecule has 0 spiro atoms.